The maximum atomic E-state index is 5.04. The van der Waals surface area contributed by atoms with Gasteiger partial charge in [0, 0.05) is 15.7 Å². The molecule has 0 radical (unpaired) electrons. The molecule has 4 heteroatoms. The van der Waals surface area contributed by atoms with E-state index in [-0.39, 0.29) is 0 Å². The van der Waals surface area contributed by atoms with Crippen molar-refractivity contribution in [3.8, 4) is 11.3 Å². The monoisotopic (exact) mass is 280 g/mol. The zero-order chi connectivity index (χ0) is 10.8. The van der Waals surface area contributed by atoms with E-state index in [0.29, 0.717) is 4.77 Å². The third-order valence-electron chi connectivity index (χ3n) is 2.00. The van der Waals surface area contributed by atoms with Crippen LogP contribution < -0.4 is 0 Å². The Morgan fingerprint density at radius 1 is 1.33 bits per heavy atom. The second-order valence-electron chi connectivity index (χ2n) is 3.26. The fraction of sp³-hybridized carbons (Fsp3) is 0.0909. The fourth-order valence-electron chi connectivity index (χ4n) is 1.38. The van der Waals surface area contributed by atoms with Crippen LogP contribution in [0.3, 0.4) is 0 Å². The Bertz CT molecular complexity index is 548. The molecule has 0 amide bonds. The van der Waals surface area contributed by atoms with Crippen molar-refractivity contribution in [1.82, 2.24) is 9.97 Å². The van der Waals surface area contributed by atoms with Crippen LogP contribution >= 0.6 is 28.1 Å². The van der Waals surface area contributed by atoms with Gasteiger partial charge in [-0.2, -0.15) is 0 Å². The Balaban J connectivity index is 2.59. The zero-order valence-electron chi connectivity index (χ0n) is 8.12. The average molecular weight is 281 g/mol. The minimum atomic E-state index is 0.518. The fourth-order valence-corrected chi connectivity index (χ4v) is 2.03. The number of halogens is 1. The van der Waals surface area contributed by atoms with Gasteiger partial charge in [0.05, 0.1) is 5.69 Å². The summed E-state index contributed by atoms with van der Waals surface area (Å²) in [7, 11) is 0. The highest BCUT2D eigenvalue weighted by molar-refractivity contribution is 9.10. The normalized spacial score (nSPS) is 10.3. The molecule has 76 valence electrons. The summed E-state index contributed by atoms with van der Waals surface area (Å²) in [5.41, 5.74) is 2.98. The number of aromatic amines is 1. The Hall–Kier alpha value is -1.00. The lowest BCUT2D eigenvalue weighted by Gasteiger charge is -2.02. The van der Waals surface area contributed by atoms with Crippen LogP contribution in [0.2, 0.25) is 0 Å². The molecule has 0 aliphatic heterocycles. The van der Waals surface area contributed by atoms with E-state index in [0.717, 1.165) is 21.4 Å². The van der Waals surface area contributed by atoms with Gasteiger partial charge >= 0.3 is 0 Å². The van der Waals surface area contributed by atoms with Crippen LogP contribution in [0.1, 0.15) is 5.69 Å². The lowest BCUT2D eigenvalue weighted by Crippen LogP contribution is -1.90. The van der Waals surface area contributed by atoms with Crippen LogP contribution in [0.5, 0.6) is 0 Å². The van der Waals surface area contributed by atoms with Crippen LogP contribution in [-0.2, 0) is 0 Å². The van der Waals surface area contributed by atoms with Crippen molar-refractivity contribution in [2.75, 3.05) is 0 Å². The molecule has 15 heavy (non-hydrogen) atoms. The number of H-pyrrole nitrogens is 1. The molecule has 1 heterocycles. The number of aromatic nitrogens is 2. The Kier molecular flexibility index (Phi) is 2.98. The van der Waals surface area contributed by atoms with E-state index in [2.05, 4.69) is 25.9 Å². The molecule has 2 nitrogen and oxygen atoms in total. The quantitative estimate of drug-likeness (QED) is 0.804. The minimum Gasteiger partial charge on any atom is -0.335 e. The van der Waals surface area contributed by atoms with Crippen molar-refractivity contribution in [1.29, 1.82) is 0 Å². The molecular formula is C11H9BrN2S. The van der Waals surface area contributed by atoms with Crippen LogP contribution in [0.15, 0.2) is 34.8 Å². The molecule has 0 saturated heterocycles. The Morgan fingerprint density at radius 3 is 2.80 bits per heavy atom. The second-order valence-corrected chi connectivity index (χ2v) is 4.57. The summed E-state index contributed by atoms with van der Waals surface area (Å²) in [5, 5.41) is 0. The van der Waals surface area contributed by atoms with E-state index in [1.54, 1.807) is 0 Å². The summed E-state index contributed by atoms with van der Waals surface area (Å²) < 4.78 is 1.56. The van der Waals surface area contributed by atoms with Gasteiger partial charge in [0.25, 0.3) is 0 Å². The van der Waals surface area contributed by atoms with E-state index in [1.807, 2.05) is 37.3 Å². The molecule has 0 spiro atoms. The molecular weight excluding hydrogens is 272 g/mol. The smallest absolute Gasteiger partial charge is 0.197 e. The molecule has 1 aromatic carbocycles. The van der Waals surface area contributed by atoms with Gasteiger partial charge in [0.1, 0.15) is 0 Å². The van der Waals surface area contributed by atoms with Gasteiger partial charge < -0.3 is 4.98 Å². The average Bonchev–Trinajstić information content (AvgIpc) is 2.16. The molecule has 0 aliphatic rings. The molecule has 1 aromatic heterocycles. The van der Waals surface area contributed by atoms with Gasteiger partial charge in [0.2, 0.25) is 0 Å². The van der Waals surface area contributed by atoms with Crippen molar-refractivity contribution in [2.24, 2.45) is 0 Å². The van der Waals surface area contributed by atoms with Crippen LogP contribution in [-0.4, -0.2) is 9.97 Å². The van der Waals surface area contributed by atoms with Crippen LogP contribution in [0.25, 0.3) is 11.3 Å². The Morgan fingerprint density at radius 2 is 2.13 bits per heavy atom. The molecule has 0 aliphatic carbocycles. The number of rotatable bonds is 1. The summed E-state index contributed by atoms with van der Waals surface area (Å²) in [4.78, 5) is 7.27. The molecule has 0 saturated carbocycles. The SMILES string of the molecule is Cc1cc(-c2cccc(Br)c2)nc(=S)[nH]1. The highest BCUT2D eigenvalue weighted by atomic mass is 79.9. The molecule has 0 unspecified atom stereocenters. The van der Waals surface area contributed by atoms with E-state index in [9.17, 15) is 0 Å². The van der Waals surface area contributed by atoms with Gasteiger partial charge in [-0.05, 0) is 37.3 Å². The first-order valence-electron chi connectivity index (χ1n) is 4.49. The number of nitrogens with zero attached hydrogens (tertiary/aromatic N) is 1. The van der Waals surface area contributed by atoms with Gasteiger partial charge in [-0.15, -0.1) is 0 Å². The third-order valence-corrected chi connectivity index (χ3v) is 2.69. The van der Waals surface area contributed by atoms with E-state index in [1.165, 1.54) is 0 Å². The summed E-state index contributed by atoms with van der Waals surface area (Å²) >= 11 is 8.48. The van der Waals surface area contributed by atoms with Crippen molar-refractivity contribution in [2.45, 2.75) is 6.92 Å². The number of hydrogen-bond donors (Lipinski definition) is 1. The molecule has 0 fully saturated rings. The van der Waals surface area contributed by atoms with Crippen molar-refractivity contribution < 1.29 is 0 Å². The number of nitrogens with one attached hydrogen (secondary N) is 1. The third kappa shape index (κ3) is 2.52. The predicted octanol–water partition coefficient (Wildman–Crippen LogP) is 3.88. The van der Waals surface area contributed by atoms with E-state index in [4.69, 9.17) is 12.2 Å². The number of aryl methyl sites for hydroxylation is 1. The number of hydrogen-bond acceptors (Lipinski definition) is 2. The molecule has 0 bridgehead atoms. The molecule has 2 aromatic rings. The van der Waals surface area contributed by atoms with Gasteiger partial charge in [0.15, 0.2) is 4.77 Å². The largest absolute Gasteiger partial charge is 0.335 e. The van der Waals surface area contributed by atoms with Crippen molar-refractivity contribution in [3.63, 3.8) is 0 Å². The predicted molar refractivity (Wildman–Crippen MR) is 67.3 cm³/mol. The Labute approximate surface area is 102 Å². The van der Waals surface area contributed by atoms with Gasteiger partial charge in [-0.3, -0.25) is 0 Å². The zero-order valence-corrected chi connectivity index (χ0v) is 10.5. The highest BCUT2D eigenvalue weighted by Crippen LogP contribution is 2.21. The van der Waals surface area contributed by atoms with Crippen molar-refractivity contribution in [3.05, 3.63) is 45.3 Å². The maximum Gasteiger partial charge on any atom is 0.197 e. The van der Waals surface area contributed by atoms with E-state index < -0.39 is 0 Å². The first-order chi connectivity index (χ1) is 7.15. The van der Waals surface area contributed by atoms with Gasteiger partial charge in [-0.25, -0.2) is 4.98 Å². The lowest BCUT2D eigenvalue weighted by molar-refractivity contribution is 1.08. The summed E-state index contributed by atoms with van der Waals surface area (Å²) in [5.74, 6) is 0. The minimum absolute atomic E-state index is 0.518. The first kappa shape index (κ1) is 10.5. The summed E-state index contributed by atoms with van der Waals surface area (Å²) in [6, 6.07) is 9.99. The molecule has 1 N–H and O–H groups in total. The van der Waals surface area contributed by atoms with Crippen LogP contribution in [0.4, 0.5) is 0 Å². The van der Waals surface area contributed by atoms with Gasteiger partial charge in [-0.1, -0.05) is 28.1 Å². The van der Waals surface area contributed by atoms with Crippen LogP contribution in [0, 0.1) is 11.7 Å². The highest BCUT2D eigenvalue weighted by Gasteiger charge is 2.00. The topological polar surface area (TPSA) is 28.7 Å². The second kappa shape index (κ2) is 4.24. The molecule has 2 rings (SSSR count). The standard InChI is InChI=1S/C11H9BrN2S/c1-7-5-10(14-11(15)13-7)8-3-2-4-9(12)6-8/h2-6H,1H3,(H,13,14,15). The maximum absolute atomic E-state index is 5.04. The summed E-state index contributed by atoms with van der Waals surface area (Å²) in [6.45, 7) is 1.97. The molecule has 0 atom stereocenters. The summed E-state index contributed by atoms with van der Waals surface area (Å²) in [6.07, 6.45) is 0. The lowest BCUT2D eigenvalue weighted by atomic mass is 10.1. The number of benzene rings is 1. The van der Waals surface area contributed by atoms with Crippen molar-refractivity contribution >= 4 is 28.1 Å². The first-order valence-corrected chi connectivity index (χ1v) is 5.69. The van der Waals surface area contributed by atoms with E-state index >= 15 is 0 Å².